The smallest absolute Gasteiger partial charge is 0.340 e. The molecule has 31 heavy (non-hydrogen) atoms. The highest BCUT2D eigenvalue weighted by Crippen LogP contribution is 2.45. The van der Waals surface area contributed by atoms with Crippen LogP contribution < -0.4 is 4.74 Å². The number of hydrogen-bond donors (Lipinski definition) is 0. The van der Waals surface area contributed by atoms with Crippen LogP contribution in [0.25, 0.3) is 0 Å². The van der Waals surface area contributed by atoms with Crippen LogP contribution in [-0.4, -0.2) is 41.9 Å². The lowest BCUT2D eigenvalue weighted by Gasteiger charge is -2.21. The van der Waals surface area contributed by atoms with Gasteiger partial charge in [-0.25, -0.2) is 14.2 Å². The Morgan fingerprint density at radius 2 is 2.03 bits per heavy atom. The van der Waals surface area contributed by atoms with Crippen LogP contribution in [0.1, 0.15) is 51.5 Å². The fourth-order valence-electron chi connectivity index (χ4n) is 3.39. The van der Waals surface area contributed by atoms with Crippen LogP contribution in [0.15, 0.2) is 47.6 Å². The van der Waals surface area contributed by atoms with Gasteiger partial charge in [-0.2, -0.15) is 0 Å². The quantitative estimate of drug-likeness (QED) is 0.459. The number of esters is 1. The highest BCUT2D eigenvalue weighted by molar-refractivity contribution is 8.03. The number of ether oxygens (including phenoxy) is 2. The number of thioether (sulfide) groups is 1. The monoisotopic (exact) mass is 442 g/mol. The average molecular weight is 443 g/mol. The fourth-order valence-corrected chi connectivity index (χ4v) is 4.62. The predicted molar refractivity (Wildman–Crippen MR) is 115 cm³/mol. The van der Waals surface area contributed by atoms with Crippen LogP contribution in [0.5, 0.6) is 5.75 Å². The van der Waals surface area contributed by atoms with E-state index in [9.17, 15) is 14.0 Å². The molecular weight excluding hydrogens is 419 g/mol. The normalized spacial score (nSPS) is 19.0. The summed E-state index contributed by atoms with van der Waals surface area (Å²) < 4.78 is 25.0. The first kappa shape index (κ1) is 21.4. The first-order chi connectivity index (χ1) is 14.9. The van der Waals surface area contributed by atoms with Gasteiger partial charge in [0, 0.05) is 24.1 Å². The summed E-state index contributed by atoms with van der Waals surface area (Å²) in [4.78, 5) is 30.9. The zero-order valence-corrected chi connectivity index (χ0v) is 18.3. The Bertz CT molecular complexity index is 1040. The Morgan fingerprint density at radius 3 is 2.65 bits per heavy atom. The number of carbonyl (C=O) groups excluding carboxylic acids is 2. The van der Waals surface area contributed by atoms with Crippen LogP contribution in [0.2, 0.25) is 0 Å². The Balaban J connectivity index is 1.40. The molecule has 2 atom stereocenters. The van der Waals surface area contributed by atoms with Gasteiger partial charge in [0.1, 0.15) is 28.7 Å². The largest absolute Gasteiger partial charge is 0.484 e. The van der Waals surface area contributed by atoms with Crippen LogP contribution in [0, 0.1) is 11.7 Å². The van der Waals surface area contributed by atoms with E-state index in [1.165, 1.54) is 19.2 Å². The van der Waals surface area contributed by atoms with E-state index in [4.69, 9.17) is 4.74 Å². The number of carbonyl (C=O) groups is 2. The lowest BCUT2D eigenvalue weighted by molar-refractivity contribution is 0.0595. The molecule has 1 aliphatic heterocycles. The van der Waals surface area contributed by atoms with E-state index in [0.717, 1.165) is 23.3 Å². The number of pyridine rings is 1. The van der Waals surface area contributed by atoms with Gasteiger partial charge in [0.2, 0.25) is 0 Å². The van der Waals surface area contributed by atoms with Gasteiger partial charge in [-0.05, 0) is 49.6 Å². The Morgan fingerprint density at radius 1 is 1.26 bits per heavy atom. The summed E-state index contributed by atoms with van der Waals surface area (Å²) in [5.74, 6) is -0.486. The third kappa shape index (κ3) is 4.58. The van der Waals surface area contributed by atoms with Crippen molar-refractivity contribution in [2.24, 2.45) is 5.92 Å². The van der Waals surface area contributed by atoms with Crippen molar-refractivity contribution in [3.63, 3.8) is 0 Å². The minimum Gasteiger partial charge on any atom is -0.484 e. The summed E-state index contributed by atoms with van der Waals surface area (Å²) >= 11 is 1.55. The molecule has 8 heteroatoms. The van der Waals surface area contributed by atoms with Crippen LogP contribution in [-0.2, 0) is 4.74 Å². The molecule has 0 bridgehead atoms. The summed E-state index contributed by atoms with van der Waals surface area (Å²) in [5.41, 5.74) is 1.13. The van der Waals surface area contributed by atoms with Crippen LogP contribution >= 0.6 is 11.8 Å². The van der Waals surface area contributed by atoms with Crippen molar-refractivity contribution < 1.29 is 23.5 Å². The molecule has 0 spiro atoms. The predicted octanol–water partition coefficient (Wildman–Crippen LogP) is 4.59. The second-order valence-electron chi connectivity index (χ2n) is 7.68. The van der Waals surface area contributed by atoms with Gasteiger partial charge in [0.05, 0.1) is 18.9 Å². The van der Waals surface area contributed by atoms with E-state index in [1.807, 2.05) is 25.1 Å². The van der Waals surface area contributed by atoms with Gasteiger partial charge in [0.25, 0.3) is 0 Å². The maximum Gasteiger partial charge on any atom is 0.340 e. The molecular formula is C23H23FN2O4S. The van der Waals surface area contributed by atoms with Gasteiger partial charge < -0.3 is 14.4 Å². The van der Waals surface area contributed by atoms with Gasteiger partial charge in [-0.1, -0.05) is 17.8 Å². The van der Waals surface area contributed by atoms with Gasteiger partial charge in [0.15, 0.2) is 5.78 Å². The molecule has 2 heterocycles. The molecule has 0 amide bonds. The molecule has 1 fully saturated rings. The summed E-state index contributed by atoms with van der Waals surface area (Å²) in [6.45, 7) is 1.93. The molecule has 1 saturated carbocycles. The average Bonchev–Trinajstić information content (AvgIpc) is 3.54. The van der Waals surface area contributed by atoms with E-state index >= 15 is 0 Å². The number of nitrogens with zero attached hydrogens (tertiary/aromatic N) is 2. The van der Waals surface area contributed by atoms with E-state index in [1.54, 1.807) is 36.2 Å². The molecule has 4 rings (SSSR count). The van der Waals surface area contributed by atoms with Crippen molar-refractivity contribution in [2.45, 2.75) is 31.2 Å². The molecule has 1 aromatic heterocycles. The SMILES string of the molecule is COC(=O)c1ccc(C2SC(C(C)Oc3ccc(C(=O)C4CC4)nc3)=CN2C)cc1F. The zero-order valence-electron chi connectivity index (χ0n) is 17.5. The number of halogens is 1. The maximum absolute atomic E-state index is 14.4. The molecule has 2 unspecified atom stereocenters. The molecule has 1 aromatic carbocycles. The second-order valence-corrected chi connectivity index (χ2v) is 8.83. The van der Waals surface area contributed by atoms with Crippen LogP contribution in [0.3, 0.4) is 0 Å². The maximum atomic E-state index is 14.4. The first-order valence-corrected chi connectivity index (χ1v) is 10.9. The summed E-state index contributed by atoms with van der Waals surface area (Å²) in [7, 11) is 3.13. The van der Waals surface area contributed by atoms with E-state index in [-0.39, 0.29) is 28.7 Å². The first-order valence-electron chi connectivity index (χ1n) is 10.0. The molecule has 2 aromatic rings. The highest BCUT2D eigenvalue weighted by atomic mass is 32.2. The zero-order chi connectivity index (χ0) is 22.1. The summed E-state index contributed by atoms with van der Waals surface area (Å²) in [6.07, 6.45) is 5.19. The number of benzene rings is 1. The number of Topliss-reactive ketones (excluding diaryl/α,β-unsaturated/α-hetero) is 1. The van der Waals surface area contributed by atoms with Crippen molar-refractivity contribution >= 4 is 23.5 Å². The van der Waals surface area contributed by atoms with Gasteiger partial charge in [-0.3, -0.25) is 4.79 Å². The molecule has 162 valence electrons. The third-order valence-corrected chi connectivity index (χ3v) is 6.82. The lowest BCUT2D eigenvalue weighted by atomic mass is 10.1. The minimum atomic E-state index is -0.698. The Kier molecular flexibility index (Phi) is 6.00. The lowest BCUT2D eigenvalue weighted by Crippen LogP contribution is -2.13. The van der Waals surface area contributed by atoms with Crippen molar-refractivity contribution in [3.05, 3.63) is 70.3 Å². The Labute approximate surface area is 184 Å². The number of ketones is 1. The van der Waals surface area contributed by atoms with Crippen LogP contribution in [0.4, 0.5) is 4.39 Å². The molecule has 0 radical (unpaired) electrons. The second kappa shape index (κ2) is 8.70. The summed E-state index contributed by atoms with van der Waals surface area (Å²) in [6, 6.07) is 8.01. The number of hydrogen-bond acceptors (Lipinski definition) is 7. The molecule has 6 nitrogen and oxygen atoms in total. The molecule has 0 N–H and O–H groups in total. The summed E-state index contributed by atoms with van der Waals surface area (Å²) in [5, 5.41) is -0.140. The van der Waals surface area contributed by atoms with Gasteiger partial charge in [-0.15, -0.1) is 0 Å². The molecule has 0 saturated heterocycles. The standard InChI is InChI=1S/C23H23FN2O4S/c1-13(30-16-7-9-19(25-11-16)21(27)14-4-5-14)20-12-26(2)22(31-20)15-6-8-17(18(24)10-15)23(28)29-3/h6-14,22H,4-5H2,1-3H3. The van der Waals surface area contributed by atoms with Crippen molar-refractivity contribution in [1.29, 1.82) is 0 Å². The minimum absolute atomic E-state index is 0.0853. The number of aromatic nitrogens is 1. The number of methoxy groups -OCH3 is 1. The van der Waals surface area contributed by atoms with Crippen molar-refractivity contribution in [2.75, 3.05) is 14.2 Å². The van der Waals surface area contributed by atoms with Gasteiger partial charge >= 0.3 is 5.97 Å². The number of rotatable bonds is 7. The third-order valence-electron chi connectivity index (χ3n) is 5.28. The van der Waals surface area contributed by atoms with Crippen molar-refractivity contribution in [1.82, 2.24) is 9.88 Å². The molecule has 1 aliphatic carbocycles. The van der Waals surface area contributed by atoms with E-state index in [2.05, 4.69) is 9.72 Å². The van der Waals surface area contributed by atoms with Crippen molar-refractivity contribution in [3.8, 4) is 5.75 Å². The fraction of sp³-hybridized carbons (Fsp3) is 0.348. The highest BCUT2D eigenvalue weighted by Gasteiger charge is 2.31. The van der Waals surface area contributed by atoms with E-state index < -0.39 is 11.8 Å². The Hall–Kier alpha value is -2.87. The van der Waals surface area contributed by atoms with E-state index in [0.29, 0.717) is 11.4 Å². The topological polar surface area (TPSA) is 68.7 Å². The molecule has 2 aliphatic rings.